The summed E-state index contributed by atoms with van der Waals surface area (Å²) < 4.78 is 5.17. The highest BCUT2D eigenvalue weighted by Crippen LogP contribution is 2.12. The Bertz CT molecular complexity index is 453. The van der Waals surface area contributed by atoms with Gasteiger partial charge in [0.25, 0.3) is 0 Å². The first-order valence-corrected chi connectivity index (χ1v) is 8.11. The minimum atomic E-state index is 0.0802. The third kappa shape index (κ3) is 4.91. The van der Waals surface area contributed by atoms with Crippen molar-refractivity contribution in [3.8, 4) is 5.75 Å². The molecule has 1 heterocycles. The van der Waals surface area contributed by atoms with Crippen molar-refractivity contribution in [1.29, 1.82) is 0 Å². The Balaban J connectivity index is 1.69. The lowest BCUT2D eigenvalue weighted by Crippen LogP contribution is -2.52. The Morgan fingerprint density at radius 3 is 2.45 bits per heavy atom. The Morgan fingerprint density at radius 1 is 1.18 bits per heavy atom. The zero-order chi connectivity index (χ0) is 15.8. The summed E-state index contributed by atoms with van der Waals surface area (Å²) in [7, 11) is 1.69. The predicted octanol–water partition coefficient (Wildman–Crippen LogP) is 1.97. The third-order valence-electron chi connectivity index (χ3n) is 4.06. The Morgan fingerprint density at radius 2 is 1.86 bits per heavy atom. The second kappa shape index (κ2) is 8.63. The van der Waals surface area contributed by atoms with E-state index < -0.39 is 0 Å². The van der Waals surface area contributed by atoms with E-state index >= 15 is 0 Å². The molecule has 0 aliphatic carbocycles. The van der Waals surface area contributed by atoms with Crippen molar-refractivity contribution in [2.45, 2.75) is 19.8 Å². The molecule has 5 heteroatoms. The molecule has 0 atom stereocenters. The number of nitrogens with one attached hydrogen (secondary N) is 1. The van der Waals surface area contributed by atoms with E-state index in [9.17, 15) is 4.79 Å². The van der Waals surface area contributed by atoms with Gasteiger partial charge >= 0.3 is 6.03 Å². The molecule has 122 valence electrons. The van der Waals surface area contributed by atoms with Gasteiger partial charge in [0, 0.05) is 39.3 Å². The molecule has 1 N–H and O–H groups in total. The van der Waals surface area contributed by atoms with Gasteiger partial charge in [-0.1, -0.05) is 19.1 Å². The molecule has 22 heavy (non-hydrogen) atoms. The first kappa shape index (κ1) is 16.6. The SMILES string of the molecule is CCCNC(=O)N1CCN(CCc2ccc(OC)cc2)CC1. The Kier molecular flexibility index (Phi) is 6.52. The van der Waals surface area contributed by atoms with Crippen LogP contribution in [0.3, 0.4) is 0 Å². The molecule has 1 saturated heterocycles. The lowest BCUT2D eigenvalue weighted by atomic mass is 10.1. The molecule has 0 radical (unpaired) electrons. The number of carbonyl (C=O) groups is 1. The fourth-order valence-corrected chi connectivity index (χ4v) is 2.60. The van der Waals surface area contributed by atoms with E-state index in [1.165, 1.54) is 5.56 Å². The van der Waals surface area contributed by atoms with Gasteiger partial charge in [-0.05, 0) is 30.5 Å². The number of rotatable bonds is 6. The van der Waals surface area contributed by atoms with E-state index in [0.717, 1.165) is 57.9 Å². The van der Waals surface area contributed by atoms with E-state index in [0.29, 0.717) is 0 Å². The smallest absolute Gasteiger partial charge is 0.317 e. The molecule has 1 aliphatic rings. The fourth-order valence-electron chi connectivity index (χ4n) is 2.60. The zero-order valence-electron chi connectivity index (χ0n) is 13.7. The highest BCUT2D eigenvalue weighted by atomic mass is 16.5. The molecule has 0 saturated carbocycles. The van der Waals surface area contributed by atoms with Crippen LogP contribution in [0.2, 0.25) is 0 Å². The van der Waals surface area contributed by atoms with Gasteiger partial charge in [-0.2, -0.15) is 0 Å². The van der Waals surface area contributed by atoms with Crippen LogP contribution in [0.5, 0.6) is 5.75 Å². The van der Waals surface area contributed by atoms with Gasteiger partial charge in [0.2, 0.25) is 0 Å². The van der Waals surface area contributed by atoms with Gasteiger partial charge in [-0.3, -0.25) is 4.90 Å². The highest BCUT2D eigenvalue weighted by Gasteiger charge is 2.20. The normalized spacial score (nSPS) is 15.6. The minimum absolute atomic E-state index is 0.0802. The summed E-state index contributed by atoms with van der Waals surface area (Å²) in [5, 5.41) is 2.94. The molecule has 1 aromatic rings. The first-order chi connectivity index (χ1) is 10.7. The van der Waals surface area contributed by atoms with E-state index in [1.54, 1.807) is 7.11 Å². The van der Waals surface area contributed by atoms with Crippen molar-refractivity contribution in [2.75, 3.05) is 46.4 Å². The molecule has 2 amide bonds. The molecular weight excluding hydrogens is 278 g/mol. The van der Waals surface area contributed by atoms with Crippen molar-refractivity contribution < 1.29 is 9.53 Å². The topological polar surface area (TPSA) is 44.8 Å². The molecule has 0 bridgehead atoms. The quantitative estimate of drug-likeness (QED) is 0.874. The third-order valence-corrected chi connectivity index (χ3v) is 4.06. The van der Waals surface area contributed by atoms with Crippen molar-refractivity contribution >= 4 is 6.03 Å². The van der Waals surface area contributed by atoms with Crippen LogP contribution in [0.25, 0.3) is 0 Å². The average Bonchev–Trinajstić information content (AvgIpc) is 2.58. The molecule has 0 spiro atoms. The van der Waals surface area contributed by atoms with E-state index in [-0.39, 0.29) is 6.03 Å². The van der Waals surface area contributed by atoms with Gasteiger partial charge in [-0.15, -0.1) is 0 Å². The maximum atomic E-state index is 11.9. The van der Waals surface area contributed by atoms with Crippen LogP contribution in [0.15, 0.2) is 24.3 Å². The van der Waals surface area contributed by atoms with Crippen molar-refractivity contribution in [2.24, 2.45) is 0 Å². The van der Waals surface area contributed by atoms with Crippen molar-refractivity contribution in [3.05, 3.63) is 29.8 Å². The maximum absolute atomic E-state index is 11.9. The number of benzene rings is 1. The van der Waals surface area contributed by atoms with Gasteiger partial charge in [0.1, 0.15) is 5.75 Å². The Hall–Kier alpha value is -1.75. The minimum Gasteiger partial charge on any atom is -0.497 e. The second-order valence-electron chi connectivity index (χ2n) is 5.66. The predicted molar refractivity (Wildman–Crippen MR) is 88.4 cm³/mol. The molecule has 2 rings (SSSR count). The number of methoxy groups -OCH3 is 1. The fraction of sp³-hybridized carbons (Fsp3) is 0.588. The van der Waals surface area contributed by atoms with Gasteiger partial charge < -0.3 is 15.0 Å². The van der Waals surface area contributed by atoms with Crippen LogP contribution >= 0.6 is 0 Å². The number of piperazine rings is 1. The molecule has 5 nitrogen and oxygen atoms in total. The number of amides is 2. The van der Waals surface area contributed by atoms with Crippen LogP contribution < -0.4 is 10.1 Å². The molecule has 0 unspecified atom stereocenters. The summed E-state index contributed by atoms with van der Waals surface area (Å²) in [6.07, 6.45) is 2.01. The number of urea groups is 1. The Labute approximate surface area is 133 Å². The van der Waals surface area contributed by atoms with E-state index in [2.05, 4.69) is 29.3 Å². The summed E-state index contributed by atoms with van der Waals surface area (Å²) in [5.74, 6) is 0.899. The van der Waals surface area contributed by atoms with Crippen LogP contribution in [-0.4, -0.2) is 62.2 Å². The highest BCUT2D eigenvalue weighted by molar-refractivity contribution is 5.74. The molecule has 0 aromatic heterocycles. The summed E-state index contributed by atoms with van der Waals surface area (Å²) in [6.45, 7) is 7.41. The number of nitrogens with zero attached hydrogens (tertiary/aromatic N) is 2. The standard InChI is InChI=1S/C17H27N3O2/c1-3-9-18-17(21)20-13-11-19(12-14-20)10-8-15-4-6-16(22-2)7-5-15/h4-7H,3,8-14H2,1-2H3,(H,18,21). The summed E-state index contributed by atoms with van der Waals surface area (Å²) >= 11 is 0. The van der Waals surface area contributed by atoms with Crippen molar-refractivity contribution in [1.82, 2.24) is 15.1 Å². The number of ether oxygens (including phenoxy) is 1. The molecule has 1 fully saturated rings. The lowest BCUT2D eigenvalue weighted by Gasteiger charge is -2.34. The maximum Gasteiger partial charge on any atom is 0.317 e. The van der Waals surface area contributed by atoms with E-state index in [1.807, 2.05) is 17.0 Å². The van der Waals surface area contributed by atoms with Crippen LogP contribution in [-0.2, 0) is 6.42 Å². The van der Waals surface area contributed by atoms with Crippen LogP contribution in [0.1, 0.15) is 18.9 Å². The number of hydrogen-bond acceptors (Lipinski definition) is 3. The monoisotopic (exact) mass is 305 g/mol. The van der Waals surface area contributed by atoms with Gasteiger partial charge in [-0.25, -0.2) is 4.79 Å². The number of hydrogen-bond donors (Lipinski definition) is 1. The van der Waals surface area contributed by atoms with Crippen molar-refractivity contribution in [3.63, 3.8) is 0 Å². The summed E-state index contributed by atoms with van der Waals surface area (Å²) in [6, 6.07) is 8.33. The molecule has 1 aromatic carbocycles. The summed E-state index contributed by atoms with van der Waals surface area (Å²) in [5.41, 5.74) is 1.32. The number of carbonyl (C=O) groups excluding carboxylic acids is 1. The van der Waals surface area contributed by atoms with Gasteiger partial charge in [0.15, 0.2) is 0 Å². The lowest BCUT2D eigenvalue weighted by molar-refractivity contribution is 0.140. The van der Waals surface area contributed by atoms with Gasteiger partial charge in [0.05, 0.1) is 7.11 Å². The average molecular weight is 305 g/mol. The van der Waals surface area contributed by atoms with Crippen LogP contribution in [0, 0.1) is 0 Å². The first-order valence-electron chi connectivity index (χ1n) is 8.11. The molecular formula is C17H27N3O2. The van der Waals surface area contributed by atoms with Crippen LogP contribution in [0.4, 0.5) is 4.79 Å². The molecule has 1 aliphatic heterocycles. The zero-order valence-corrected chi connectivity index (χ0v) is 13.7. The summed E-state index contributed by atoms with van der Waals surface area (Å²) in [4.78, 5) is 16.2. The van der Waals surface area contributed by atoms with E-state index in [4.69, 9.17) is 4.74 Å². The second-order valence-corrected chi connectivity index (χ2v) is 5.66. The largest absolute Gasteiger partial charge is 0.497 e.